The Hall–Kier alpha value is -3.55. The van der Waals surface area contributed by atoms with Gasteiger partial charge in [-0.3, -0.25) is 38.7 Å². The molecular weight excluding hydrogens is 562 g/mol. The number of carboxylic acid groups (broad SMARTS) is 1. The summed E-state index contributed by atoms with van der Waals surface area (Å²) in [7, 11) is 5.07. The van der Waals surface area contributed by atoms with Crippen molar-refractivity contribution in [3.05, 3.63) is 35.4 Å². The molecule has 1 N–H and O–H groups in total. The van der Waals surface area contributed by atoms with Crippen molar-refractivity contribution in [2.45, 2.75) is 57.2 Å². The second-order valence-corrected chi connectivity index (χ2v) is 10.7. The van der Waals surface area contributed by atoms with Crippen LogP contribution in [-0.4, -0.2) is 135 Å². The van der Waals surface area contributed by atoms with Crippen molar-refractivity contribution in [1.82, 2.24) is 14.7 Å². The van der Waals surface area contributed by atoms with Crippen molar-refractivity contribution in [1.29, 1.82) is 0 Å². The number of methoxy groups -OCH3 is 4. The number of esters is 4. The van der Waals surface area contributed by atoms with E-state index in [4.69, 9.17) is 18.9 Å². The van der Waals surface area contributed by atoms with Crippen LogP contribution < -0.4 is 0 Å². The molecule has 0 unspecified atom stereocenters. The maximum absolute atomic E-state index is 12.7. The van der Waals surface area contributed by atoms with E-state index in [2.05, 4.69) is 0 Å². The van der Waals surface area contributed by atoms with E-state index >= 15 is 0 Å². The summed E-state index contributed by atoms with van der Waals surface area (Å²) in [6.45, 7) is 1.07. The predicted molar refractivity (Wildman–Crippen MR) is 155 cm³/mol. The molecule has 13 heteroatoms. The van der Waals surface area contributed by atoms with E-state index in [-0.39, 0.29) is 51.4 Å². The van der Waals surface area contributed by atoms with E-state index in [0.29, 0.717) is 19.3 Å². The van der Waals surface area contributed by atoms with Gasteiger partial charge < -0.3 is 24.1 Å². The highest BCUT2D eigenvalue weighted by Gasteiger charge is 2.38. The van der Waals surface area contributed by atoms with Crippen LogP contribution in [0.1, 0.15) is 36.8 Å². The minimum atomic E-state index is -1.09. The standard InChI is InChI=1S/C30H45N3O10/c1-21-10-12-22(13-11-21)14-23(31(17-27(36)40-2)18-28(37)41-3)15-32(19-29(38)42-4)24-8-6-7-9-25(24)33(16-26(34)35)20-30(39)43-5/h10-13,23-25H,6-9,14-20H2,1-5H3,(H,34,35)/t23-,24+,25+/m1/s1. The first-order valence-corrected chi connectivity index (χ1v) is 14.3. The van der Waals surface area contributed by atoms with Crippen LogP contribution in [0.15, 0.2) is 24.3 Å². The van der Waals surface area contributed by atoms with Crippen molar-refractivity contribution >= 4 is 29.8 Å². The number of aryl methyl sites for hydroxylation is 1. The third-order valence-corrected chi connectivity index (χ3v) is 7.76. The zero-order valence-corrected chi connectivity index (χ0v) is 25.8. The van der Waals surface area contributed by atoms with Gasteiger partial charge in [0.15, 0.2) is 0 Å². The molecule has 0 amide bonds. The molecule has 1 saturated carbocycles. The average Bonchev–Trinajstić information content (AvgIpc) is 2.99. The number of rotatable bonds is 17. The maximum atomic E-state index is 12.7. The molecule has 0 aromatic heterocycles. The van der Waals surface area contributed by atoms with Gasteiger partial charge in [-0.15, -0.1) is 0 Å². The molecule has 240 valence electrons. The van der Waals surface area contributed by atoms with Crippen molar-refractivity contribution in [3.63, 3.8) is 0 Å². The fraction of sp³-hybridized carbons (Fsp3) is 0.633. The van der Waals surface area contributed by atoms with Gasteiger partial charge in [-0.25, -0.2) is 0 Å². The minimum absolute atomic E-state index is 0.120. The summed E-state index contributed by atoms with van der Waals surface area (Å²) < 4.78 is 19.7. The number of hydrogen-bond donors (Lipinski definition) is 1. The molecule has 0 radical (unpaired) electrons. The van der Waals surface area contributed by atoms with E-state index < -0.39 is 35.9 Å². The lowest BCUT2D eigenvalue weighted by Gasteiger charge is -2.46. The molecule has 0 heterocycles. The minimum Gasteiger partial charge on any atom is -0.480 e. The lowest BCUT2D eigenvalue weighted by atomic mass is 9.87. The van der Waals surface area contributed by atoms with Crippen molar-refractivity contribution in [2.24, 2.45) is 0 Å². The summed E-state index contributed by atoms with van der Waals surface area (Å²) >= 11 is 0. The highest BCUT2D eigenvalue weighted by Crippen LogP contribution is 2.29. The van der Waals surface area contributed by atoms with Gasteiger partial charge in [-0.2, -0.15) is 0 Å². The number of nitrogens with zero attached hydrogens (tertiary/aromatic N) is 3. The molecule has 1 aliphatic rings. The van der Waals surface area contributed by atoms with E-state index in [0.717, 1.165) is 24.0 Å². The Morgan fingerprint density at radius 1 is 0.721 bits per heavy atom. The van der Waals surface area contributed by atoms with Crippen LogP contribution in [0.3, 0.4) is 0 Å². The Kier molecular flexibility index (Phi) is 15.1. The summed E-state index contributed by atoms with van der Waals surface area (Å²) in [6.07, 6.45) is 3.29. The van der Waals surface area contributed by atoms with Crippen molar-refractivity contribution in [2.75, 3.05) is 67.7 Å². The zero-order valence-electron chi connectivity index (χ0n) is 25.8. The van der Waals surface area contributed by atoms with Crippen LogP contribution in [0, 0.1) is 6.92 Å². The normalized spacial score (nSPS) is 17.4. The van der Waals surface area contributed by atoms with Gasteiger partial charge in [-0.05, 0) is 31.7 Å². The van der Waals surface area contributed by atoms with E-state index in [1.165, 1.54) is 28.4 Å². The Labute approximate surface area is 253 Å². The molecule has 1 aliphatic carbocycles. The first kappa shape index (κ1) is 35.6. The largest absolute Gasteiger partial charge is 0.480 e. The predicted octanol–water partition coefficient (Wildman–Crippen LogP) is 0.900. The third-order valence-electron chi connectivity index (χ3n) is 7.76. The fourth-order valence-electron chi connectivity index (χ4n) is 5.54. The molecular formula is C30H45N3O10. The second kappa shape index (κ2) is 18.2. The number of ether oxygens (including phenoxy) is 4. The SMILES string of the molecule is COC(=O)CN(CC(=O)OC)[C@H](Cc1ccc(C)cc1)CN(CC(=O)OC)[C@H]1CCCC[C@@H]1N(CC(=O)O)CC(=O)OC. The summed E-state index contributed by atoms with van der Waals surface area (Å²) in [5, 5.41) is 9.65. The lowest BCUT2D eigenvalue weighted by Crippen LogP contribution is -2.59. The monoisotopic (exact) mass is 607 g/mol. The molecule has 0 bridgehead atoms. The molecule has 1 fully saturated rings. The van der Waals surface area contributed by atoms with Crippen LogP contribution in [0.2, 0.25) is 0 Å². The first-order valence-electron chi connectivity index (χ1n) is 14.3. The molecule has 1 aromatic rings. The highest BCUT2D eigenvalue weighted by molar-refractivity contribution is 5.75. The Morgan fingerprint density at radius 2 is 1.16 bits per heavy atom. The number of carbonyl (C=O) groups is 5. The van der Waals surface area contributed by atoms with Gasteiger partial charge in [0.2, 0.25) is 0 Å². The number of hydrogen-bond acceptors (Lipinski definition) is 12. The molecule has 0 spiro atoms. The van der Waals surface area contributed by atoms with Gasteiger partial charge in [0.05, 0.1) is 61.2 Å². The maximum Gasteiger partial charge on any atom is 0.319 e. The highest BCUT2D eigenvalue weighted by atomic mass is 16.5. The van der Waals surface area contributed by atoms with Gasteiger partial charge >= 0.3 is 29.8 Å². The number of benzene rings is 1. The Morgan fingerprint density at radius 3 is 1.63 bits per heavy atom. The van der Waals surface area contributed by atoms with Crippen LogP contribution in [0.25, 0.3) is 0 Å². The average molecular weight is 608 g/mol. The van der Waals surface area contributed by atoms with Gasteiger partial charge in [0, 0.05) is 24.7 Å². The summed E-state index contributed by atoms with van der Waals surface area (Å²) in [5.74, 6) is -3.24. The first-order chi connectivity index (χ1) is 20.5. The number of aliphatic carboxylic acids is 1. The van der Waals surface area contributed by atoms with Crippen LogP contribution in [-0.2, 0) is 49.3 Å². The Balaban J connectivity index is 2.56. The summed E-state index contributed by atoms with van der Waals surface area (Å²) in [6, 6.07) is 6.68. The number of carboxylic acids is 1. The third kappa shape index (κ3) is 11.9. The van der Waals surface area contributed by atoms with E-state index in [9.17, 15) is 29.1 Å². The van der Waals surface area contributed by atoms with Crippen LogP contribution in [0.4, 0.5) is 0 Å². The molecule has 0 saturated heterocycles. The number of carbonyl (C=O) groups excluding carboxylic acids is 4. The second-order valence-electron chi connectivity index (χ2n) is 10.7. The topological polar surface area (TPSA) is 152 Å². The molecule has 0 aliphatic heterocycles. The van der Waals surface area contributed by atoms with Gasteiger partial charge in [-0.1, -0.05) is 42.7 Å². The molecule has 13 nitrogen and oxygen atoms in total. The zero-order chi connectivity index (χ0) is 31.9. The van der Waals surface area contributed by atoms with E-state index in [1.807, 2.05) is 36.1 Å². The Bertz CT molecular complexity index is 1060. The summed E-state index contributed by atoms with van der Waals surface area (Å²) in [5.41, 5.74) is 2.02. The van der Waals surface area contributed by atoms with Crippen LogP contribution in [0.5, 0.6) is 0 Å². The lowest BCUT2D eigenvalue weighted by molar-refractivity contribution is -0.149. The van der Waals surface area contributed by atoms with Crippen LogP contribution >= 0.6 is 0 Å². The molecule has 2 rings (SSSR count). The molecule has 43 heavy (non-hydrogen) atoms. The smallest absolute Gasteiger partial charge is 0.319 e. The molecule has 3 atom stereocenters. The van der Waals surface area contributed by atoms with E-state index in [1.54, 1.807) is 9.80 Å². The summed E-state index contributed by atoms with van der Waals surface area (Å²) in [4.78, 5) is 66.9. The van der Waals surface area contributed by atoms with Crippen molar-refractivity contribution in [3.8, 4) is 0 Å². The van der Waals surface area contributed by atoms with Gasteiger partial charge in [0.1, 0.15) is 0 Å². The van der Waals surface area contributed by atoms with Crippen molar-refractivity contribution < 1.29 is 48.0 Å². The quantitative estimate of drug-likeness (QED) is 0.197. The fourth-order valence-corrected chi connectivity index (χ4v) is 5.54. The molecule has 1 aromatic carbocycles. The van der Waals surface area contributed by atoms with Gasteiger partial charge in [0.25, 0.3) is 0 Å².